The lowest BCUT2D eigenvalue weighted by Crippen LogP contribution is -2.34. The maximum atomic E-state index is 11.2. The van der Waals surface area contributed by atoms with Gasteiger partial charge in [0, 0.05) is 19.6 Å². The van der Waals surface area contributed by atoms with Crippen molar-refractivity contribution < 1.29 is 9.90 Å². The van der Waals surface area contributed by atoms with Crippen LogP contribution in [0.2, 0.25) is 0 Å². The van der Waals surface area contributed by atoms with Gasteiger partial charge in [-0.15, -0.1) is 0 Å². The first kappa shape index (κ1) is 13.8. The molecule has 0 saturated heterocycles. The van der Waals surface area contributed by atoms with Gasteiger partial charge < -0.3 is 10.4 Å². The Labute approximate surface area is 91.7 Å². The molecule has 0 atom stereocenters. The third-order valence-electron chi connectivity index (χ3n) is 2.11. The lowest BCUT2D eigenvalue weighted by Gasteiger charge is -2.24. The zero-order valence-corrected chi connectivity index (χ0v) is 9.94. The molecule has 0 aromatic rings. The molecule has 2 N–H and O–H groups in total. The van der Waals surface area contributed by atoms with Crippen LogP contribution in [0.1, 0.15) is 33.1 Å². The van der Waals surface area contributed by atoms with Crippen molar-refractivity contribution in [1.29, 1.82) is 0 Å². The summed E-state index contributed by atoms with van der Waals surface area (Å²) in [5.41, 5.74) is 0.0645. The quantitative estimate of drug-likeness (QED) is 0.564. The van der Waals surface area contributed by atoms with E-state index in [0.29, 0.717) is 18.7 Å². The molecule has 0 aliphatic carbocycles. The maximum absolute atomic E-state index is 11.2. The molecule has 1 amide bonds. The molecule has 0 unspecified atom stereocenters. The normalized spacial score (nSPS) is 11.4. The van der Waals surface area contributed by atoms with Crippen molar-refractivity contribution in [3.05, 3.63) is 0 Å². The monoisotopic (exact) mass is 219 g/mol. The lowest BCUT2D eigenvalue weighted by molar-refractivity contribution is -0.121. The zero-order valence-electron chi connectivity index (χ0n) is 9.05. The lowest BCUT2D eigenvalue weighted by atomic mass is 9.88. The Morgan fingerprint density at radius 3 is 2.64 bits per heavy atom. The number of aliphatic hydroxyl groups is 1. The van der Waals surface area contributed by atoms with Crippen molar-refractivity contribution in [2.45, 2.75) is 33.1 Å². The summed E-state index contributed by atoms with van der Waals surface area (Å²) in [6.07, 6.45) is 2.18. The molecule has 0 bridgehead atoms. The Balaban J connectivity index is 3.68. The second-order valence-corrected chi connectivity index (χ2v) is 4.69. The number of hydrogen-bond donors (Lipinski definition) is 3. The maximum Gasteiger partial charge on any atom is 0.220 e. The smallest absolute Gasteiger partial charge is 0.220 e. The third-order valence-corrected chi connectivity index (χ3v) is 2.34. The number of carbonyl (C=O) groups excluding carboxylic acids is 1. The molecule has 0 aliphatic rings. The largest absolute Gasteiger partial charge is 0.396 e. The molecule has 0 aromatic carbocycles. The highest BCUT2D eigenvalue weighted by molar-refractivity contribution is 7.80. The Morgan fingerprint density at radius 2 is 2.14 bits per heavy atom. The summed E-state index contributed by atoms with van der Waals surface area (Å²) in [6, 6.07) is 0. The van der Waals surface area contributed by atoms with Gasteiger partial charge in [-0.3, -0.25) is 4.79 Å². The average Bonchev–Trinajstić information content (AvgIpc) is 2.13. The molecule has 84 valence electrons. The Kier molecular flexibility index (Phi) is 7.01. The first-order valence-corrected chi connectivity index (χ1v) is 5.63. The van der Waals surface area contributed by atoms with E-state index in [1.54, 1.807) is 0 Å². The van der Waals surface area contributed by atoms with Gasteiger partial charge in [0.25, 0.3) is 0 Å². The predicted molar refractivity (Wildman–Crippen MR) is 61.6 cm³/mol. The predicted octanol–water partition coefficient (Wildman–Crippen LogP) is 1.22. The highest BCUT2D eigenvalue weighted by Gasteiger charge is 2.17. The van der Waals surface area contributed by atoms with Gasteiger partial charge in [0.1, 0.15) is 0 Å². The van der Waals surface area contributed by atoms with Gasteiger partial charge in [-0.1, -0.05) is 13.8 Å². The van der Waals surface area contributed by atoms with Crippen LogP contribution >= 0.6 is 12.6 Å². The van der Waals surface area contributed by atoms with Crippen LogP contribution in [0.15, 0.2) is 0 Å². The molecule has 0 aromatic heterocycles. The van der Waals surface area contributed by atoms with E-state index in [0.717, 1.165) is 12.8 Å². The Bertz CT molecular complexity index is 172. The highest BCUT2D eigenvalue weighted by atomic mass is 32.1. The Hall–Kier alpha value is -0.220. The van der Waals surface area contributed by atoms with Crippen LogP contribution in [-0.2, 0) is 4.79 Å². The van der Waals surface area contributed by atoms with Crippen molar-refractivity contribution in [3.8, 4) is 0 Å². The number of rotatable bonds is 7. The molecule has 0 heterocycles. The Morgan fingerprint density at radius 1 is 1.50 bits per heavy atom. The molecule has 3 nitrogen and oxygen atoms in total. The summed E-state index contributed by atoms with van der Waals surface area (Å²) in [4.78, 5) is 11.2. The van der Waals surface area contributed by atoms with Crippen LogP contribution in [0.5, 0.6) is 0 Å². The van der Waals surface area contributed by atoms with E-state index in [-0.39, 0.29) is 17.9 Å². The van der Waals surface area contributed by atoms with Gasteiger partial charge in [0.05, 0.1) is 0 Å². The van der Waals surface area contributed by atoms with Crippen molar-refractivity contribution in [2.24, 2.45) is 5.41 Å². The number of thiol groups is 1. The highest BCUT2D eigenvalue weighted by Crippen LogP contribution is 2.20. The summed E-state index contributed by atoms with van der Waals surface area (Å²) < 4.78 is 0. The molecule has 0 aliphatic heterocycles. The van der Waals surface area contributed by atoms with E-state index in [4.69, 9.17) is 5.11 Å². The minimum Gasteiger partial charge on any atom is -0.396 e. The molecule has 0 spiro atoms. The number of aliphatic hydroxyl groups excluding tert-OH is 1. The van der Waals surface area contributed by atoms with Crippen LogP contribution in [0.4, 0.5) is 0 Å². The van der Waals surface area contributed by atoms with Crippen molar-refractivity contribution in [1.82, 2.24) is 5.32 Å². The summed E-state index contributed by atoms with van der Waals surface area (Å²) >= 11 is 3.99. The summed E-state index contributed by atoms with van der Waals surface area (Å²) in [6.45, 7) is 5.06. The number of nitrogens with one attached hydrogen (secondary N) is 1. The van der Waals surface area contributed by atoms with Gasteiger partial charge >= 0.3 is 0 Å². The molecule has 14 heavy (non-hydrogen) atoms. The molecule has 0 rings (SSSR count). The molecule has 0 fully saturated rings. The van der Waals surface area contributed by atoms with Crippen molar-refractivity contribution in [2.75, 3.05) is 18.9 Å². The SMILES string of the molecule is CC(C)(CCCO)CNC(=O)CCS. The third kappa shape index (κ3) is 7.21. The number of amides is 1. The minimum atomic E-state index is 0.0528. The van der Waals surface area contributed by atoms with E-state index in [1.807, 2.05) is 0 Å². The molecular weight excluding hydrogens is 198 g/mol. The fraction of sp³-hybridized carbons (Fsp3) is 0.900. The molecule has 4 heteroatoms. The van der Waals surface area contributed by atoms with E-state index >= 15 is 0 Å². The summed E-state index contributed by atoms with van der Waals surface area (Å²) in [7, 11) is 0. The molecular formula is C10H21NO2S. The fourth-order valence-electron chi connectivity index (χ4n) is 1.17. The second-order valence-electron chi connectivity index (χ2n) is 4.24. The average molecular weight is 219 g/mol. The van der Waals surface area contributed by atoms with E-state index in [2.05, 4.69) is 31.8 Å². The topological polar surface area (TPSA) is 49.3 Å². The minimum absolute atomic E-state index is 0.0528. The zero-order chi connectivity index (χ0) is 11.0. The second kappa shape index (κ2) is 7.12. The summed E-state index contributed by atoms with van der Waals surface area (Å²) in [5, 5.41) is 11.6. The van der Waals surface area contributed by atoms with Gasteiger partial charge in [-0.25, -0.2) is 0 Å². The standard InChI is InChI=1S/C10H21NO2S/c1-10(2,5-3-6-12)8-11-9(13)4-7-14/h12,14H,3-8H2,1-2H3,(H,11,13). The van der Waals surface area contributed by atoms with Crippen molar-refractivity contribution in [3.63, 3.8) is 0 Å². The van der Waals surface area contributed by atoms with Crippen LogP contribution in [0, 0.1) is 5.41 Å². The van der Waals surface area contributed by atoms with Gasteiger partial charge in [0.2, 0.25) is 5.91 Å². The first-order valence-electron chi connectivity index (χ1n) is 5.00. The van der Waals surface area contributed by atoms with Crippen LogP contribution in [0.25, 0.3) is 0 Å². The molecule has 0 saturated carbocycles. The number of carbonyl (C=O) groups is 1. The van der Waals surface area contributed by atoms with Crippen LogP contribution < -0.4 is 5.32 Å². The first-order chi connectivity index (χ1) is 6.52. The van der Waals surface area contributed by atoms with E-state index in [1.165, 1.54) is 0 Å². The van der Waals surface area contributed by atoms with Crippen LogP contribution in [-0.4, -0.2) is 29.9 Å². The van der Waals surface area contributed by atoms with Gasteiger partial charge in [0.15, 0.2) is 0 Å². The summed E-state index contributed by atoms with van der Waals surface area (Å²) in [5.74, 6) is 0.639. The van der Waals surface area contributed by atoms with Crippen molar-refractivity contribution >= 4 is 18.5 Å². The van der Waals surface area contributed by atoms with Gasteiger partial charge in [-0.2, -0.15) is 12.6 Å². The van der Waals surface area contributed by atoms with Crippen LogP contribution in [0.3, 0.4) is 0 Å². The molecule has 0 radical (unpaired) electrons. The fourth-order valence-corrected chi connectivity index (χ4v) is 1.38. The van der Waals surface area contributed by atoms with E-state index in [9.17, 15) is 4.79 Å². The van der Waals surface area contributed by atoms with E-state index < -0.39 is 0 Å². The number of hydrogen-bond acceptors (Lipinski definition) is 3. The van der Waals surface area contributed by atoms with Gasteiger partial charge in [-0.05, 0) is 24.0 Å².